The first-order chi connectivity index (χ1) is 8.34. The molecule has 1 aromatic carbocycles. The van der Waals surface area contributed by atoms with Crippen LogP contribution in [0.4, 0.5) is 0 Å². The average Bonchev–Trinajstić information content (AvgIpc) is 2.29. The highest BCUT2D eigenvalue weighted by Gasteiger charge is 2.27. The molecule has 0 radical (unpaired) electrons. The van der Waals surface area contributed by atoms with Gasteiger partial charge in [0, 0.05) is 17.1 Å². The largest absolute Gasteiger partial charge is 0.392 e. The van der Waals surface area contributed by atoms with Crippen molar-refractivity contribution in [1.29, 1.82) is 0 Å². The van der Waals surface area contributed by atoms with Crippen LogP contribution in [0.3, 0.4) is 0 Å². The standard InChI is InChI=1S/C12H18BrNO3S/c1-4-14(9(2)3)18(16,17)12-7-10(8-15)5-6-11(12)13/h5-7,9,15H,4,8H2,1-3H3. The lowest BCUT2D eigenvalue weighted by Gasteiger charge is -2.25. The van der Waals surface area contributed by atoms with Gasteiger partial charge in [-0.25, -0.2) is 8.42 Å². The molecule has 0 aliphatic heterocycles. The van der Waals surface area contributed by atoms with Gasteiger partial charge < -0.3 is 5.11 Å². The van der Waals surface area contributed by atoms with Gasteiger partial charge >= 0.3 is 0 Å². The molecule has 18 heavy (non-hydrogen) atoms. The molecule has 0 heterocycles. The van der Waals surface area contributed by atoms with Crippen LogP contribution in [-0.2, 0) is 16.6 Å². The number of nitrogens with zero attached hydrogens (tertiary/aromatic N) is 1. The average molecular weight is 336 g/mol. The van der Waals surface area contributed by atoms with E-state index in [9.17, 15) is 8.42 Å². The molecule has 1 aromatic rings. The summed E-state index contributed by atoms with van der Waals surface area (Å²) in [6.07, 6.45) is 0. The molecule has 1 rings (SSSR count). The zero-order valence-corrected chi connectivity index (χ0v) is 13.1. The maximum atomic E-state index is 12.5. The normalized spacial score (nSPS) is 12.4. The molecule has 0 spiro atoms. The fourth-order valence-corrected chi connectivity index (χ4v) is 4.41. The van der Waals surface area contributed by atoms with Crippen LogP contribution in [0.25, 0.3) is 0 Å². The minimum atomic E-state index is -3.54. The van der Waals surface area contributed by atoms with Gasteiger partial charge in [-0.2, -0.15) is 4.31 Å². The predicted molar refractivity (Wildman–Crippen MR) is 74.8 cm³/mol. The number of aliphatic hydroxyl groups is 1. The summed E-state index contributed by atoms with van der Waals surface area (Å²) in [6.45, 7) is 5.72. The van der Waals surface area contributed by atoms with Gasteiger partial charge in [-0.15, -0.1) is 0 Å². The van der Waals surface area contributed by atoms with Crippen LogP contribution in [0.15, 0.2) is 27.6 Å². The lowest BCUT2D eigenvalue weighted by Crippen LogP contribution is -2.36. The van der Waals surface area contributed by atoms with Crippen LogP contribution < -0.4 is 0 Å². The quantitative estimate of drug-likeness (QED) is 0.898. The van der Waals surface area contributed by atoms with Crippen molar-refractivity contribution >= 4 is 26.0 Å². The number of halogens is 1. The molecule has 0 fully saturated rings. The van der Waals surface area contributed by atoms with Gasteiger partial charge in [-0.3, -0.25) is 0 Å². The summed E-state index contributed by atoms with van der Waals surface area (Å²) < 4.78 is 27.0. The number of hydrogen-bond acceptors (Lipinski definition) is 3. The van der Waals surface area contributed by atoms with Crippen molar-refractivity contribution in [3.8, 4) is 0 Å². The molecule has 0 atom stereocenters. The van der Waals surface area contributed by atoms with Gasteiger partial charge in [0.25, 0.3) is 0 Å². The maximum Gasteiger partial charge on any atom is 0.244 e. The zero-order valence-electron chi connectivity index (χ0n) is 10.7. The molecule has 1 N–H and O–H groups in total. The Labute approximate surface area is 117 Å². The number of benzene rings is 1. The van der Waals surface area contributed by atoms with Crippen molar-refractivity contribution in [2.24, 2.45) is 0 Å². The zero-order chi connectivity index (χ0) is 13.9. The Balaban J connectivity index is 3.35. The van der Waals surface area contributed by atoms with E-state index >= 15 is 0 Å². The molecular weight excluding hydrogens is 318 g/mol. The summed E-state index contributed by atoms with van der Waals surface area (Å²) >= 11 is 3.25. The summed E-state index contributed by atoms with van der Waals surface area (Å²) in [5.41, 5.74) is 0.580. The summed E-state index contributed by atoms with van der Waals surface area (Å²) in [5, 5.41) is 9.10. The molecule has 102 valence electrons. The molecule has 6 heteroatoms. The minimum Gasteiger partial charge on any atom is -0.392 e. The van der Waals surface area contributed by atoms with Gasteiger partial charge in [0.2, 0.25) is 10.0 Å². The Morgan fingerprint density at radius 2 is 2.00 bits per heavy atom. The third-order valence-electron chi connectivity index (χ3n) is 2.65. The number of aliphatic hydroxyl groups excluding tert-OH is 1. The van der Waals surface area contributed by atoms with E-state index in [4.69, 9.17) is 5.11 Å². The Morgan fingerprint density at radius 3 is 2.44 bits per heavy atom. The first-order valence-corrected chi connectivity index (χ1v) is 7.99. The second-order valence-electron chi connectivity index (χ2n) is 4.23. The summed E-state index contributed by atoms with van der Waals surface area (Å²) in [6, 6.07) is 4.73. The second kappa shape index (κ2) is 6.14. The molecule has 0 aliphatic carbocycles. The Kier molecular flexibility index (Phi) is 5.33. The van der Waals surface area contributed by atoms with Gasteiger partial charge in [-0.1, -0.05) is 13.0 Å². The van der Waals surface area contributed by atoms with Gasteiger partial charge in [0.05, 0.1) is 11.5 Å². The predicted octanol–water partition coefficient (Wildman–Crippen LogP) is 2.36. The van der Waals surface area contributed by atoms with E-state index in [1.807, 2.05) is 13.8 Å². The van der Waals surface area contributed by atoms with E-state index < -0.39 is 10.0 Å². The van der Waals surface area contributed by atoms with Crippen molar-refractivity contribution in [1.82, 2.24) is 4.31 Å². The Hall–Kier alpha value is -0.430. The van der Waals surface area contributed by atoms with Crippen molar-refractivity contribution in [3.63, 3.8) is 0 Å². The third-order valence-corrected chi connectivity index (χ3v) is 5.80. The number of rotatable bonds is 5. The Bertz CT molecular complexity index is 514. The molecular formula is C12H18BrNO3S. The van der Waals surface area contributed by atoms with E-state index in [2.05, 4.69) is 15.9 Å². The van der Waals surface area contributed by atoms with E-state index in [1.54, 1.807) is 19.1 Å². The van der Waals surface area contributed by atoms with E-state index in [0.29, 0.717) is 16.6 Å². The molecule has 0 unspecified atom stereocenters. The van der Waals surface area contributed by atoms with E-state index in [-0.39, 0.29) is 17.5 Å². The number of sulfonamides is 1. The summed E-state index contributed by atoms with van der Waals surface area (Å²) in [5.74, 6) is 0. The number of hydrogen-bond donors (Lipinski definition) is 1. The highest BCUT2D eigenvalue weighted by atomic mass is 79.9. The fourth-order valence-electron chi connectivity index (χ4n) is 1.78. The molecule has 4 nitrogen and oxygen atoms in total. The monoisotopic (exact) mass is 335 g/mol. The van der Waals surface area contributed by atoms with Crippen LogP contribution in [-0.4, -0.2) is 30.4 Å². The molecule has 0 aliphatic rings. The molecule has 0 bridgehead atoms. The maximum absolute atomic E-state index is 12.5. The highest BCUT2D eigenvalue weighted by Crippen LogP contribution is 2.27. The Morgan fingerprint density at radius 1 is 1.39 bits per heavy atom. The van der Waals surface area contributed by atoms with Crippen LogP contribution in [0.1, 0.15) is 26.3 Å². The van der Waals surface area contributed by atoms with Crippen LogP contribution >= 0.6 is 15.9 Å². The third kappa shape index (κ3) is 3.12. The van der Waals surface area contributed by atoms with Crippen molar-refractivity contribution in [2.45, 2.75) is 38.3 Å². The SMILES string of the molecule is CCN(C(C)C)S(=O)(=O)c1cc(CO)ccc1Br. The van der Waals surface area contributed by atoms with Gasteiger partial charge in [0.1, 0.15) is 0 Å². The van der Waals surface area contributed by atoms with E-state index in [1.165, 1.54) is 10.4 Å². The molecule has 0 saturated carbocycles. The molecule has 0 amide bonds. The smallest absolute Gasteiger partial charge is 0.244 e. The topological polar surface area (TPSA) is 57.6 Å². The first-order valence-electron chi connectivity index (χ1n) is 5.75. The van der Waals surface area contributed by atoms with Crippen LogP contribution in [0.2, 0.25) is 0 Å². The van der Waals surface area contributed by atoms with Crippen molar-refractivity contribution < 1.29 is 13.5 Å². The first kappa shape index (κ1) is 15.6. The van der Waals surface area contributed by atoms with Gasteiger partial charge in [0.15, 0.2) is 0 Å². The second-order valence-corrected chi connectivity index (χ2v) is 6.94. The lowest BCUT2D eigenvalue weighted by molar-refractivity contribution is 0.281. The van der Waals surface area contributed by atoms with Crippen LogP contribution in [0.5, 0.6) is 0 Å². The summed E-state index contributed by atoms with van der Waals surface area (Å²) in [7, 11) is -3.54. The van der Waals surface area contributed by atoms with E-state index in [0.717, 1.165) is 0 Å². The van der Waals surface area contributed by atoms with Crippen molar-refractivity contribution in [3.05, 3.63) is 28.2 Å². The van der Waals surface area contributed by atoms with Gasteiger partial charge in [-0.05, 0) is 47.5 Å². The van der Waals surface area contributed by atoms with Crippen LogP contribution in [0, 0.1) is 0 Å². The summed E-state index contributed by atoms with van der Waals surface area (Å²) in [4.78, 5) is 0.199. The minimum absolute atomic E-state index is 0.107. The highest BCUT2D eigenvalue weighted by molar-refractivity contribution is 9.10. The fraction of sp³-hybridized carbons (Fsp3) is 0.500. The van der Waals surface area contributed by atoms with Crippen molar-refractivity contribution in [2.75, 3.05) is 6.54 Å². The molecule has 0 aromatic heterocycles. The molecule has 0 saturated heterocycles. The lowest BCUT2D eigenvalue weighted by atomic mass is 10.2.